The lowest BCUT2D eigenvalue weighted by Crippen LogP contribution is -2.53. The highest BCUT2D eigenvalue weighted by molar-refractivity contribution is 5.96. The van der Waals surface area contributed by atoms with Crippen LogP contribution in [-0.2, 0) is 10.4 Å². The zero-order valence-corrected chi connectivity index (χ0v) is 23.0. The summed E-state index contributed by atoms with van der Waals surface area (Å²) in [5.41, 5.74) is -1.04. The van der Waals surface area contributed by atoms with Gasteiger partial charge in [-0.25, -0.2) is 0 Å². The number of amidine groups is 2. The zero-order chi connectivity index (χ0) is 28.3. The maximum absolute atomic E-state index is 12.8. The summed E-state index contributed by atoms with van der Waals surface area (Å²) in [6, 6.07) is 13.8. The van der Waals surface area contributed by atoms with Crippen molar-refractivity contribution in [3.8, 4) is 23.7 Å². The average Bonchev–Trinajstić information content (AvgIpc) is 3.06. The number of hydroxylamine groups is 6. The largest absolute Gasteiger partial charge is 0.714 e. The molecular formula is C30H32N4O4. The van der Waals surface area contributed by atoms with E-state index in [0.29, 0.717) is 22.3 Å². The highest BCUT2D eigenvalue weighted by Crippen LogP contribution is 2.38. The summed E-state index contributed by atoms with van der Waals surface area (Å²) in [6.45, 7) is 14.1. The van der Waals surface area contributed by atoms with Crippen LogP contribution in [-0.4, -0.2) is 53.4 Å². The van der Waals surface area contributed by atoms with Gasteiger partial charge in [-0.15, -0.1) is 0 Å². The molecule has 2 aromatic carbocycles. The predicted molar refractivity (Wildman–Crippen MR) is 143 cm³/mol. The maximum Gasteiger partial charge on any atom is 0.316 e. The van der Waals surface area contributed by atoms with E-state index in [9.17, 15) is 20.8 Å². The summed E-state index contributed by atoms with van der Waals surface area (Å²) in [5, 5.41) is 52.9. The number of nitrogens with zero attached hydrogens (tertiary/aromatic N) is 4. The van der Waals surface area contributed by atoms with E-state index >= 15 is 0 Å². The minimum Gasteiger partial charge on any atom is -0.714 e. The number of hydrogen-bond acceptors (Lipinski definition) is 4. The van der Waals surface area contributed by atoms with Gasteiger partial charge in [0.1, 0.15) is 11.1 Å². The quantitative estimate of drug-likeness (QED) is 0.345. The summed E-state index contributed by atoms with van der Waals surface area (Å²) >= 11 is 0. The molecule has 4 rings (SSSR count). The molecule has 2 aliphatic heterocycles. The Hall–Kier alpha value is -3.98. The third kappa shape index (κ3) is 3.89. The monoisotopic (exact) mass is 512 g/mol. The molecule has 0 N–H and O–H groups in total. The zero-order valence-electron chi connectivity index (χ0n) is 23.0. The Morgan fingerprint density at radius 1 is 0.579 bits per heavy atom. The third-order valence-corrected chi connectivity index (χ3v) is 8.56. The minimum atomic E-state index is -0.873. The van der Waals surface area contributed by atoms with Crippen molar-refractivity contribution in [2.24, 2.45) is 0 Å². The lowest BCUT2D eigenvalue weighted by atomic mass is 9.84. The first kappa shape index (κ1) is 27.1. The molecule has 2 aliphatic rings. The molecule has 0 atom stereocenters. The van der Waals surface area contributed by atoms with E-state index in [-0.39, 0.29) is 11.7 Å². The maximum atomic E-state index is 12.8. The number of hydrogen-bond donors (Lipinski definition) is 0. The molecule has 2 radical (unpaired) electrons. The Morgan fingerprint density at radius 3 is 1.11 bits per heavy atom. The number of rotatable bonds is 2. The van der Waals surface area contributed by atoms with Crippen LogP contribution in [0.5, 0.6) is 0 Å². The van der Waals surface area contributed by atoms with Crippen molar-refractivity contribution in [2.75, 3.05) is 0 Å². The van der Waals surface area contributed by atoms with Crippen LogP contribution in [0.2, 0.25) is 0 Å². The second-order valence-electron chi connectivity index (χ2n) is 11.7. The number of benzene rings is 2. The lowest BCUT2D eigenvalue weighted by molar-refractivity contribution is -0.539. The Kier molecular flexibility index (Phi) is 6.27. The van der Waals surface area contributed by atoms with Crippen LogP contribution in [0.1, 0.15) is 77.6 Å². The Labute approximate surface area is 224 Å². The first-order valence-corrected chi connectivity index (χ1v) is 12.4. The van der Waals surface area contributed by atoms with E-state index in [0.717, 1.165) is 19.6 Å². The molecule has 0 fully saturated rings. The highest BCUT2D eigenvalue weighted by atomic mass is 16.5. The molecule has 8 nitrogen and oxygen atoms in total. The predicted octanol–water partition coefficient (Wildman–Crippen LogP) is 4.04. The first-order valence-electron chi connectivity index (χ1n) is 12.4. The van der Waals surface area contributed by atoms with Gasteiger partial charge in [0.05, 0.1) is 11.1 Å². The fourth-order valence-electron chi connectivity index (χ4n) is 4.30. The van der Waals surface area contributed by atoms with E-state index in [2.05, 4.69) is 23.7 Å². The van der Waals surface area contributed by atoms with E-state index in [1.165, 1.54) is 0 Å². The SMILES string of the molecule is CC1(C)N([O])C(c2ccc(C#CC#Cc3ccc(C4=[N+]([O-])C(C)(C)C(C)(C)N4[O])cc3)cc2)=[N+]([O-])C1(C)C. The molecule has 0 spiro atoms. The summed E-state index contributed by atoms with van der Waals surface area (Å²) in [5.74, 6) is 11.7. The van der Waals surface area contributed by atoms with Crippen LogP contribution in [0.15, 0.2) is 48.5 Å². The first-order chi connectivity index (χ1) is 17.5. The smallest absolute Gasteiger partial charge is 0.316 e. The van der Waals surface area contributed by atoms with Crippen molar-refractivity contribution in [1.29, 1.82) is 0 Å². The Bertz CT molecular complexity index is 1350. The van der Waals surface area contributed by atoms with E-state index in [1.807, 2.05) is 0 Å². The van der Waals surface area contributed by atoms with Gasteiger partial charge in [0.25, 0.3) is 0 Å². The lowest BCUT2D eigenvalue weighted by Gasteiger charge is -2.32. The molecule has 38 heavy (non-hydrogen) atoms. The molecule has 8 heteroatoms. The molecular weight excluding hydrogens is 480 g/mol. The third-order valence-electron chi connectivity index (χ3n) is 8.56. The summed E-state index contributed by atoms with van der Waals surface area (Å²) in [7, 11) is 0. The van der Waals surface area contributed by atoms with Crippen LogP contribution in [0.25, 0.3) is 0 Å². The molecule has 0 bridgehead atoms. The standard InChI is InChI=1S/C30H32N4O4/c1-27(2)28(3,4)32(36)25(31(27)35)23-17-13-21(14-18-23)11-9-10-12-22-15-19-24(20-16-22)26-33(37)29(5,6)30(7,8)34(26)38/h13-20H,1-8H3. The summed E-state index contributed by atoms with van der Waals surface area (Å²) in [4.78, 5) is 0. The molecule has 0 aliphatic carbocycles. The normalized spacial score (nSPS) is 20.7. The Morgan fingerprint density at radius 2 is 0.868 bits per heavy atom. The van der Waals surface area contributed by atoms with Gasteiger partial charge in [0.2, 0.25) is 0 Å². The second-order valence-corrected chi connectivity index (χ2v) is 11.7. The molecule has 0 amide bonds. The van der Waals surface area contributed by atoms with E-state index in [4.69, 9.17) is 0 Å². The molecule has 0 unspecified atom stereocenters. The van der Waals surface area contributed by atoms with Gasteiger partial charge in [0, 0.05) is 21.5 Å². The summed E-state index contributed by atoms with van der Waals surface area (Å²) < 4.78 is 1.57. The molecule has 2 heterocycles. The van der Waals surface area contributed by atoms with Crippen molar-refractivity contribution < 1.29 is 19.9 Å². The van der Waals surface area contributed by atoms with Gasteiger partial charge >= 0.3 is 11.7 Å². The van der Waals surface area contributed by atoms with E-state index < -0.39 is 22.2 Å². The van der Waals surface area contributed by atoms with E-state index in [1.54, 1.807) is 104 Å². The molecule has 0 saturated heterocycles. The molecule has 0 saturated carbocycles. The van der Waals surface area contributed by atoms with Crippen LogP contribution in [0, 0.1) is 34.1 Å². The van der Waals surface area contributed by atoms with Gasteiger partial charge in [-0.05, 0) is 116 Å². The van der Waals surface area contributed by atoms with Crippen molar-refractivity contribution in [3.05, 3.63) is 81.2 Å². The topological polar surface area (TPSA) is 98.4 Å². The van der Waals surface area contributed by atoms with Crippen LogP contribution < -0.4 is 0 Å². The summed E-state index contributed by atoms with van der Waals surface area (Å²) in [6.07, 6.45) is 0. The van der Waals surface area contributed by atoms with Crippen LogP contribution in [0.4, 0.5) is 0 Å². The van der Waals surface area contributed by atoms with Crippen LogP contribution in [0.3, 0.4) is 0 Å². The average molecular weight is 513 g/mol. The van der Waals surface area contributed by atoms with Crippen molar-refractivity contribution in [2.45, 2.75) is 77.5 Å². The molecule has 2 aromatic rings. The second kappa shape index (κ2) is 8.80. The van der Waals surface area contributed by atoms with Gasteiger partial charge < -0.3 is 10.4 Å². The van der Waals surface area contributed by atoms with Gasteiger partial charge in [-0.3, -0.25) is 9.48 Å². The minimum absolute atomic E-state index is 0.0887. The van der Waals surface area contributed by atoms with Gasteiger partial charge in [-0.1, -0.05) is 22.0 Å². The van der Waals surface area contributed by atoms with Crippen molar-refractivity contribution in [3.63, 3.8) is 0 Å². The molecule has 0 aromatic heterocycles. The Balaban J connectivity index is 1.49. The van der Waals surface area contributed by atoms with Gasteiger partial charge in [-0.2, -0.15) is 0 Å². The fraction of sp³-hybridized carbons (Fsp3) is 0.400. The highest BCUT2D eigenvalue weighted by Gasteiger charge is 2.60. The van der Waals surface area contributed by atoms with Crippen LogP contribution >= 0.6 is 0 Å². The van der Waals surface area contributed by atoms with Crippen molar-refractivity contribution in [1.82, 2.24) is 10.1 Å². The molecule has 196 valence electrons. The fourth-order valence-corrected chi connectivity index (χ4v) is 4.30. The van der Waals surface area contributed by atoms with Crippen molar-refractivity contribution >= 4 is 11.7 Å². The van der Waals surface area contributed by atoms with Gasteiger partial charge in [0.15, 0.2) is 11.1 Å².